The van der Waals surface area contributed by atoms with Crippen molar-refractivity contribution in [2.45, 2.75) is 43.8 Å². The molecule has 0 amide bonds. The average molecular weight is 387 g/mol. The number of benzene rings is 1. The molecular weight excluding hydrogens is 366 g/mol. The Morgan fingerprint density at radius 3 is 2.14 bits per heavy atom. The molecule has 0 spiro atoms. The summed E-state index contributed by atoms with van der Waals surface area (Å²) < 4.78 is 36.1. The van der Waals surface area contributed by atoms with Crippen molar-refractivity contribution in [3.05, 3.63) is 30.3 Å². The minimum absolute atomic E-state index is 0. The second kappa shape index (κ2) is 13.1. The van der Waals surface area contributed by atoms with Crippen LogP contribution in [0.2, 0.25) is 5.32 Å². The molecule has 0 aromatic heterocycles. The van der Waals surface area contributed by atoms with Gasteiger partial charge in [-0.05, 0) is 0 Å². The Hall–Kier alpha value is 0.609. The van der Waals surface area contributed by atoms with E-state index in [1.807, 2.05) is 6.07 Å². The van der Waals surface area contributed by atoms with Gasteiger partial charge in [-0.25, -0.2) is 0 Å². The molecule has 0 atom stereocenters. The van der Waals surface area contributed by atoms with Crippen molar-refractivity contribution in [2.75, 3.05) is 6.61 Å². The minimum Gasteiger partial charge on any atom is 1.00 e. The van der Waals surface area contributed by atoms with Crippen molar-refractivity contribution in [3.8, 4) is 0 Å². The van der Waals surface area contributed by atoms with Gasteiger partial charge in [0.2, 0.25) is 0 Å². The molecule has 21 heavy (non-hydrogen) atoms. The molecule has 4 nitrogen and oxygen atoms in total. The quantitative estimate of drug-likeness (QED) is 0.217. The van der Waals surface area contributed by atoms with Crippen molar-refractivity contribution in [3.63, 3.8) is 0 Å². The number of rotatable bonds is 11. The number of unbranched alkanes of at least 4 members (excludes halogenated alkanes) is 5. The molecule has 1 aromatic rings. The third-order valence-corrected chi connectivity index (χ3v) is 5.54. The first kappa shape index (κ1) is 21.6. The van der Waals surface area contributed by atoms with E-state index in [0.717, 1.165) is 19.3 Å². The SMILES string of the molecule is O=S(=O)([O-])OCCCCCCCC[Se]c1ccccc1.[Na+]. The Bertz CT molecular complexity index is 453. The monoisotopic (exact) mass is 388 g/mol. The van der Waals surface area contributed by atoms with E-state index in [4.69, 9.17) is 0 Å². The summed E-state index contributed by atoms with van der Waals surface area (Å²) in [5, 5.41) is 1.27. The zero-order valence-electron chi connectivity index (χ0n) is 12.5. The standard InChI is InChI=1S/C14H22O4SSe.Na/c15-19(16,17)18-12-8-3-1-2-4-9-13-20-14-10-6-5-7-11-14;/h5-7,10-11H,1-4,8-9,12-13H2,(H,15,16,17);/q;+1/p-1. The van der Waals surface area contributed by atoms with Gasteiger partial charge in [-0.2, -0.15) is 0 Å². The molecule has 0 bridgehead atoms. The fourth-order valence-corrected chi connectivity index (χ4v) is 4.06. The van der Waals surface area contributed by atoms with Gasteiger partial charge in [0.25, 0.3) is 0 Å². The summed E-state index contributed by atoms with van der Waals surface area (Å²) in [6.07, 6.45) is 6.25. The molecule has 0 unspecified atom stereocenters. The molecule has 0 aliphatic rings. The zero-order chi connectivity index (χ0) is 14.7. The van der Waals surface area contributed by atoms with Gasteiger partial charge in [0.05, 0.1) is 0 Å². The van der Waals surface area contributed by atoms with Crippen LogP contribution in [0.3, 0.4) is 0 Å². The van der Waals surface area contributed by atoms with Crippen molar-refractivity contribution in [2.24, 2.45) is 0 Å². The average Bonchev–Trinajstić information content (AvgIpc) is 2.41. The molecular formula is C14H21NaO4SSe. The van der Waals surface area contributed by atoms with Crippen LogP contribution in [0, 0.1) is 0 Å². The summed E-state index contributed by atoms with van der Waals surface area (Å²) in [6.45, 7) is 0.0168. The molecule has 0 N–H and O–H groups in total. The van der Waals surface area contributed by atoms with Gasteiger partial charge in [-0.15, -0.1) is 0 Å². The van der Waals surface area contributed by atoms with Gasteiger partial charge in [-0.1, -0.05) is 0 Å². The molecule has 0 heterocycles. The summed E-state index contributed by atoms with van der Waals surface area (Å²) >= 11 is 0.581. The Morgan fingerprint density at radius 2 is 1.52 bits per heavy atom. The maximum atomic E-state index is 10.2. The fourth-order valence-electron chi connectivity index (χ4n) is 1.78. The first-order chi connectivity index (χ1) is 9.58. The van der Waals surface area contributed by atoms with E-state index in [2.05, 4.69) is 28.4 Å². The van der Waals surface area contributed by atoms with Crippen LogP contribution in [0.4, 0.5) is 0 Å². The van der Waals surface area contributed by atoms with Crippen molar-refractivity contribution in [1.82, 2.24) is 0 Å². The van der Waals surface area contributed by atoms with Gasteiger partial charge in [0.1, 0.15) is 0 Å². The van der Waals surface area contributed by atoms with Crippen molar-refractivity contribution in [1.29, 1.82) is 0 Å². The van der Waals surface area contributed by atoms with Gasteiger partial charge in [0, 0.05) is 0 Å². The van der Waals surface area contributed by atoms with Gasteiger partial charge >= 0.3 is 157 Å². The molecule has 0 radical (unpaired) electrons. The predicted octanol–water partition coefficient (Wildman–Crippen LogP) is -0.744. The van der Waals surface area contributed by atoms with E-state index in [0.29, 0.717) is 21.4 Å². The molecule has 0 aliphatic heterocycles. The molecule has 7 heteroatoms. The second-order valence-electron chi connectivity index (χ2n) is 4.51. The molecule has 0 aliphatic carbocycles. The van der Waals surface area contributed by atoms with Crippen molar-refractivity contribution < 1.29 is 46.7 Å². The maximum absolute atomic E-state index is 10.2. The predicted molar refractivity (Wildman–Crippen MR) is 80.0 cm³/mol. The third kappa shape index (κ3) is 14.0. The maximum Gasteiger partial charge on any atom is 1.00 e. The third-order valence-electron chi connectivity index (χ3n) is 2.78. The first-order valence-corrected chi connectivity index (χ1v) is 10.3. The van der Waals surface area contributed by atoms with E-state index in [9.17, 15) is 13.0 Å². The van der Waals surface area contributed by atoms with Crippen LogP contribution in [0.1, 0.15) is 38.5 Å². The van der Waals surface area contributed by atoms with E-state index in [1.165, 1.54) is 22.6 Å². The summed E-state index contributed by atoms with van der Waals surface area (Å²) in [5.41, 5.74) is 0. The topological polar surface area (TPSA) is 66.4 Å². The fraction of sp³-hybridized carbons (Fsp3) is 0.571. The van der Waals surface area contributed by atoms with Crippen LogP contribution < -0.4 is 34.0 Å². The van der Waals surface area contributed by atoms with Gasteiger partial charge in [0.15, 0.2) is 0 Å². The first-order valence-electron chi connectivity index (χ1n) is 6.86. The molecule has 0 fully saturated rings. The van der Waals surface area contributed by atoms with Crippen LogP contribution in [-0.2, 0) is 14.6 Å². The Kier molecular flexibility index (Phi) is 13.5. The molecule has 1 rings (SSSR count). The van der Waals surface area contributed by atoms with Crippen LogP contribution in [0.5, 0.6) is 0 Å². The molecule has 0 saturated carbocycles. The Morgan fingerprint density at radius 1 is 0.952 bits per heavy atom. The van der Waals surface area contributed by atoms with Crippen LogP contribution >= 0.6 is 0 Å². The van der Waals surface area contributed by atoms with Gasteiger partial charge in [-0.3, -0.25) is 0 Å². The second-order valence-corrected chi connectivity index (χ2v) is 8.02. The normalized spacial score (nSPS) is 11.1. The van der Waals surface area contributed by atoms with Crippen LogP contribution in [0.25, 0.3) is 0 Å². The zero-order valence-corrected chi connectivity index (χ0v) is 17.0. The smallest absolute Gasteiger partial charge is 1.00 e. The summed E-state index contributed by atoms with van der Waals surface area (Å²) in [5.74, 6) is 0. The molecule has 1 aromatic carbocycles. The summed E-state index contributed by atoms with van der Waals surface area (Å²) in [4.78, 5) is 0. The van der Waals surface area contributed by atoms with Crippen LogP contribution in [0.15, 0.2) is 30.3 Å². The largest absolute Gasteiger partial charge is 1.00 e. The molecule has 114 valence electrons. The van der Waals surface area contributed by atoms with E-state index in [1.54, 1.807) is 0 Å². The van der Waals surface area contributed by atoms with Gasteiger partial charge < -0.3 is 0 Å². The number of hydrogen-bond acceptors (Lipinski definition) is 4. The Balaban J connectivity index is 0.00000400. The Labute approximate surface area is 156 Å². The van der Waals surface area contributed by atoms with Crippen LogP contribution in [-0.4, -0.2) is 34.5 Å². The van der Waals surface area contributed by atoms with E-state index >= 15 is 0 Å². The number of hydrogen-bond donors (Lipinski definition) is 0. The van der Waals surface area contributed by atoms with E-state index in [-0.39, 0.29) is 36.2 Å². The summed E-state index contributed by atoms with van der Waals surface area (Å²) in [7, 11) is -4.50. The van der Waals surface area contributed by atoms with E-state index < -0.39 is 10.4 Å². The summed E-state index contributed by atoms with van der Waals surface area (Å²) in [6, 6.07) is 10.6. The minimum atomic E-state index is -4.50. The van der Waals surface area contributed by atoms with Crippen molar-refractivity contribution >= 4 is 29.8 Å². The molecule has 0 saturated heterocycles.